The van der Waals surface area contributed by atoms with Crippen molar-refractivity contribution in [2.75, 3.05) is 26.7 Å². The minimum atomic E-state index is 0.00638. The van der Waals surface area contributed by atoms with Crippen molar-refractivity contribution in [2.45, 2.75) is 44.2 Å². The monoisotopic (exact) mass is 212 g/mol. The average molecular weight is 212 g/mol. The highest BCUT2D eigenvalue weighted by molar-refractivity contribution is 5.08. The molecule has 0 bridgehead atoms. The first-order valence-corrected chi connectivity index (χ1v) is 6.02. The van der Waals surface area contributed by atoms with E-state index in [0.717, 1.165) is 32.0 Å². The summed E-state index contributed by atoms with van der Waals surface area (Å²) < 4.78 is 5.41. The highest BCUT2D eigenvalue weighted by atomic mass is 16.5. The zero-order valence-corrected chi connectivity index (χ0v) is 10.3. The van der Waals surface area contributed by atoms with Gasteiger partial charge in [0.15, 0.2) is 0 Å². The molecule has 3 heteroatoms. The summed E-state index contributed by atoms with van der Waals surface area (Å²) in [5, 5.41) is 0. The lowest BCUT2D eigenvalue weighted by molar-refractivity contribution is -0.0133. The standard InChI is InChI=1S/C12H24N2O/c1-11(2,15-3)6-7-14-8-12(13,9-14)10-4-5-10/h10H,4-9,13H2,1-3H3. The first-order chi connectivity index (χ1) is 6.95. The molecule has 0 atom stereocenters. The number of ether oxygens (including phenoxy) is 1. The molecule has 2 N–H and O–H groups in total. The third-order valence-electron chi connectivity index (χ3n) is 4.01. The van der Waals surface area contributed by atoms with E-state index in [1.807, 2.05) is 0 Å². The Morgan fingerprint density at radius 2 is 2.00 bits per heavy atom. The highest BCUT2D eigenvalue weighted by Gasteiger charge is 2.49. The summed E-state index contributed by atoms with van der Waals surface area (Å²) in [6, 6.07) is 0. The molecule has 0 radical (unpaired) electrons. The minimum Gasteiger partial charge on any atom is -0.379 e. The van der Waals surface area contributed by atoms with Crippen molar-refractivity contribution in [3.05, 3.63) is 0 Å². The molecule has 0 amide bonds. The van der Waals surface area contributed by atoms with E-state index >= 15 is 0 Å². The largest absolute Gasteiger partial charge is 0.379 e. The van der Waals surface area contributed by atoms with Crippen LogP contribution in [0.5, 0.6) is 0 Å². The molecule has 0 aromatic rings. The molecule has 1 aliphatic carbocycles. The van der Waals surface area contributed by atoms with Crippen molar-refractivity contribution >= 4 is 0 Å². The summed E-state index contributed by atoms with van der Waals surface area (Å²) in [5.74, 6) is 0.823. The second-order valence-corrected chi connectivity index (χ2v) is 5.93. The number of rotatable bonds is 5. The molecular formula is C12H24N2O. The lowest BCUT2D eigenvalue weighted by Crippen LogP contribution is -2.68. The SMILES string of the molecule is COC(C)(C)CCN1CC(N)(C2CC2)C1. The number of hydrogen-bond donors (Lipinski definition) is 1. The summed E-state index contributed by atoms with van der Waals surface area (Å²) >= 11 is 0. The van der Waals surface area contributed by atoms with Crippen LogP contribution in [0.3, 0.4) is 0 Å². The Morgan fingerprint density at radius 3 is 2.47 bits per heavy atom. The number of methoxy groups -OCH3 is 1. The average Bonchev–Trinajstić information content (AvgIpc) is 2.94. The third kappa shape index (κ3) is 2.52. The van der Waals surface area contributed by atoms with Crippen molar-refractivity contribution in [2.24, 2.45) is 11.7 Å². The van der Waals surface area contributed by atoms with Crippen LogP contribution in [0.4, 0.5) is 0 Å². The molecule has 1 saturated heterocycles. The first kappa shape index (κ1) is 11.4. The normalized spacial score (nSPS) is 26.4. The Kier molecular flexibility index (Phi) is 2.82. The second-order valence-electron chi connectivity index (χ2n) is 5.93. The van der Waals surface area contributed by atoms with Crippen LogP contribution in [-0.4, -0.2) is 42.8 Å². The quantitative estimate of drug-likeness (QED) is 0.745. The van der Waals surface area contributed by atoms with E-state index in [0.29, 0.717) is 0 Å². The number of likely N-dealkylation sites (tertiary alicyclic amines) is 1. The fraction of sp³-hybridized carbons (Fsp3) is 1.00. The van der Waals surface area contributed by atoms with Gasteiger partial charge in [-0.3, -0.25) is 4.90 Å². The van der Waals surface area contributed by atoms with Crippen molar-refractivity contribution < 1.29 is 4.74 Å². The van der Waals surface area contributed by atoms with E-state index in [1.54, 1.807) is 7.11 Å². The van der Waals surface area contributed by atoms with Crippen LogP contribution in [0.25, 0.3) is 0 Å². The van der Waals surface area contributed by atoms with Crippen molar-refractivity contribution in [1.82, 2.24) is 4.90 Å². The number of hydrogen-bond acceptors (Lipinski definition) is 3. The zero-order valence-electron chi connectivity index (χ0n) is 10.3. The Labute approximate surface area is 93.0 Å². The minimum absolute atomic E-state index is 0.00638. The van der Waals surface area contributed by atoms with Gasteiger partial charge in [0.25, 0.3) is 0 Å². The predicted octanol–water partition coefficient (Wildman–Crippen LogP) is 1.22. The maximum Gasteiger partial charge on any atom is 0.0634 e. The Bertz CT molecular complexity index is 230. The molecule has 2 rings (SSSR count). The molecule has 0 aromatic heterocycles. The fourth-order valence-corrected chi connectivity index (χ4v) is 2.39. The summed E-state index contributed by atoms with van der Waals surface area (Å²) in [6.07, 6.45) is 3.80. The van der Waals surface area contributed by atoms with Gasteiger partial charge >= 0.3 is 0 Å². The maximum atomic E-state index is 6.30. The van der Waals surface area contributed by atoms with Gasteiger partial charge in [0.2, 0.25) is 0 Å². The molecular weight excluding hydrogens is 188 g/mol. The van der Waals surface area contributed by atoms with E-state index < -0.39 is 0 Å². The van der Waals surface area contributed by atoms with Gasteiger partial charge in [0, 0.05) is 32.3 Å². The summed E-state index contributed by atoms with van der Waals surface area (Å²) in [5.41, 5.74) is 6.47. The summed E-state index contributed by atoms with van der Waals surface area (Å²) in [6.45, 7) is 7.59. The van der Waals surface area contributed by atoms with Gasteiger partial charge in [-0.05, 0) is 39.0 Å². The molecule has 1 heterocycles. The molecule has 2 aliphatic rings. The van der Waals surface area contributed by atoms with E-state index in [-0.39, 0.29) is 11.1 Å². The molecule has 88 valence electrons. The van der Waals surface area contributed by atoms with Crippen LogP contribution < -0.4 is 5.73 Å². The van der Waals surface area contributed by atoms with Gasteiger partial charge in [0.1, 0.15) is 0 Å². The topological polar surface area (TPSA) is 38.5 Å². The molecule has 2 fully saturated rings. The van der Waals surface area contributed by atoms with E-state index in [1.165, 1.54) is 12.8 Å². The Balaban J connectivity index is 1.67. The predicted molar refractivity (Wildman–Crippen MR) is 61.8 cm³/mol. The molecule has 0 aromatic carbocycles. The van der Waals surface area contributed by atoms with Gasteiger partial charge < -0.3 is 10.5 Å². The van der Waals surface area contributed by atoms with Gasteiger partial charge in [-0.2, -0.15) is 0 Å². The van der Waals surface area contributed by atoms with E-state index in [9.17, 15) is 0 Å². The van der Waals surface area contributed by atoms with Crippen molar-refractivity contribution in [3.8, 4) is 0 Å². The lowest BCUT2D eigenvalue weighted by atomic mass is 9.85. The Hall–Kier alpha value is -0.120. The molecule has 15 heavy (non-hydrogen) atoms. The zero-order chi connectivity index (χ0) is 11.1. The molecule has 0 unspecified atom stereocenters. The fourth-order valence-electron chi connectivity index (χ4n) is 2.39. The van der Waals surface area contributed by atoms with E-state index in [4.69, 9.17) is 10.5 Å². The van der Waals surface area contributed by atoms with Crippen LogP contribution in [-0.2, 0) is 4.74 Å². The molecule has 3 nitrogen and oxygen atoms in total. The van der Waals surface area contributed by atoms with Crippen LogP contribution >= 0.6 is 0 Å². The maximum absolute atomic E-state index is 6.30. The van der Waals surface area contributed by atoms with Gasteiger partial charge in [-0.1, -0.05) is 0 Å². The number of nitrogens with zero attached hydrogens (tertiary/aromatic N) is 1. The molecule has 0 spiro atoms. The summed E-state index contributed by atoms with van der Waals surface area (Å²) in [4.78, 5) is 2.46. The van der Waals surface area contributed by atoms with E-state index in [2.05, 4.69) is 18.7 Å². The van der Waals surface area contributed by atoms with Crippen LogP contribution in [0.15, 0.2) is 0 Å². The highest BCUT2D eigenvalue weighted by Crippen LogP contribution is 2.43. The molecule has 1 aliphatic heterocycles. The smallest absolute Gasteiger partial charge is 0.0634 e. The second kappa shape index (κ2) is 3.72. The van der Waals surface area contributed by atoms with Crippen LogP contribution in [0.1, 0.15) is 33.1 Å². The summed E-state index contributed by atoms with van der Waals surface area (Å²) in [7, 11) is 1.79. The van der Waals surface area contributed by atoms with Crippen LogP contribution in [0.2, 0.25) is 0 Å². The third-order valence-corrected chi connectivity index (χ3v) is 4.01. The lowest BCUT2D eigenvalue weighted by Gasteiger charge is -2.49. The van der Waals surface area contributed by atoms with Crippen molar-refractivity contribution in [1.29, 1.82) is 0 Å². The van der Waals surface area contributed by atoms with Gasteiger partial charge in [0.05, 0.1) is 5.60 Å². The van der Waals surface area contributed by atoms with Gasteiger partial charge in [-0.25, -0.2) is 0 Å². The first-order valence-electron chi connectivity index (χ1n) is 6.02. The van der Waals surface area contributed by atoms with Gasteiger partial charge in [-0.15, -0.1) is 0 Å². The molecule has 1 saturated carbocycles. The number of nitrogens with two attached hydrogens (primary N) is 1. The Morgan fingerprint density at radius 1 is 1.40 bits per heavy atom. The van der Waals surface area contributed by atoms with Crippen LogP contribution in [0, 0.1) is 5.92 Å². The van der Waals surface area contributed by atoms with Crippen molar-refractivity contribution in [3.63, 3.8) is 0 Å².